The fourth-order valence-electron chi connectivity index (χ4n) is 4.17. The molecule has 2 aliphatic heterocycles. The molecule has 2 heterocycles. The summed E-state index contributed by atoms with van der Waals surface area (Å²) in [7, 11) is -3.89. The summed E-state index contributed by atoms with van der Waals surface area (Å²) < 4.78 is 66.1. The van der Waals surface area contributed by atoms with Gasteiger partial charge in [-0.05, 0) is 41.8 Å². The van der Waals surface area contributed by atoms with Crippen LogP contribution in [-0.2, 0) is 27.8 Å². The molecule has 0 aliphatic carbocycles. The SMILES string of the molecule is O=C(N1CCc2ccc(S(=O)(=O)N3CCN(c4ccc([N+](=O)[O-])cc4)CC3)cc2C1)C(F)(F)F. The zero-order valence-corrected chi connectivity index (χ0v) is 18.7. The zero-order valence-electron chi connectivity index (χ0n) is 17.9. The maximum Gasteiger partial charge on any atom is 0.471 e. The molecule has 0 unspecified atom stereocenters. The first-order valence-electron chi connectivity index (χ1n) is 10.4. The van der Waals surface area contributed by atoms with Crippen LogP contribution < -0.4 is 4.90 Å². The summed E-state index contributed by atoms with van der Waals surface area (Å²) >= 11 is 0. The third kappa shape index (κ3) is 4.71. The number of amides is 1. The van der Waals surface area contributed by atoms with Crippen LogP contribution in [0.4, 0.5) is 24.5 Å². The van der Waals surface area contributed by atoms with Crippen molar-refractivity contribution in [1.29, 1.82) is 0 Å². The first-order valence-corrected chi connectivity index (χ1v) is 11.9. The molecule has 34 heavy (non-hydrogen) atoms. The van der Waals surface area contributed by atoms with Gasteiger partial charge in [-0.1, -0.05) is 6.07 Å². The van der Waals surface area contributed by atoms with E-state index in [9.17, 15) is 36.5 Å². The number of fused-ring (bicyclic) bond motifs is 1. The van der Waals surface area contributed by atoms with E-state index in [2.05, 4.69) is 0 Å². The maximum absolute atomic E-state index is 13.2. The Morgan fingerprint density at radius 1 is 0.941 bits per heavy atom. The molecule has 1 amide bonds. The standard InChI is InChI=1S/C21H21F3N4O5S/c22-21(23,24)20(29)26-8-7-15-1-6-19(13-16(15)14-26)34(32,33)27-11-9-25(10-12-27)17-2-4-18(5-3-17)28(30)31/h1-6,13H,7-12,14H2. The van der Waals surface area contributed by atoms with Crippen LogP contribution in [0.3, 0.4) is 0 Å². The van der Waals surface area contributed by atoms with Gasteiger partial charge in [-0.25, -0.2) is 8.42 Å². The van der Waals surface area contributed by atoms with E-state index in [0.29, 0.717) is 29.1 Å². The molecular formula is C21H21F3N4O5S. The molecule has 0 aromatic heterocycles. The van der Waals surface area contributed by atoms with Crippen molar-refractivity contribution in [3.8, 4) is 0 Å². The lowest BCUT2D eigenvalue weighted by atomic mass is 10.00. The van der Waals surface area contributed by atoms with Crippen LogP contribution in [0.15, 0.2) is 47.4 Å². The highest BCUT2D eigenvalue weighted by Crippen LogP contribution is 2.28. The number of carbonyl (C=O) groups excluding carboxylic acids is 1. The first kappa shape index (κ1) is 24.0. The van der Waals surface area contributed by atoms with Crippen molar-refractivity contribution in [2.24, 2.45) is 0 Å². The molecule has 4 rings (SSSR count). The van der Waals surface area contributed by atoms with Gasteiger partial charge in [0.25, 0.3) is 5.69 Å². The topological polar surface area (TPSA) is 104 Å². The lowest BCUT2D eigenvalue weighted by Crippen LogP contribution is -2.48. The number of nitro groups is 1. The van der Waals surface area contributed by atoms with Crippen LogP contribution in [0, 0.1) is 10.1 Å². The van der Waals surface area contributed by atoms with Crippen LogP contribution in [-0.4, -0.2) is 67.4 Å². The van der Waals surface area contributed by atoms with E-state index in [1.54, 1.807) is 18.2 Å². The molecule has 2 aliphatic rings. The molecule has 2 aromatic rings. The molecule has 0 saturated carbocycles. The van der Waals surface area contributed by atoms with Crippen molar-refractivity contribution in [3.63, 3.8) is 0 Å². The van der Waals surface area contributed by atoms with Crippen molar-refractivity contribution in [3.05, 3.63) is 63.7 Å². The fraction of sp³-hybridized carbons (Fsp3) is 0.381. The Bertz CT molecular complexity index is 1210. The number of anilines is 1. The number of hydrogen-bond acceptors (Lipinski definition) is 6. The van der Waals surface area contributed by atoms with Gasteiger partial charge >= 0.3 is 12.1 Å². The molecule has 0 spiro atoms. The Kier molecular flexibility index (Phi) is 6.25. The molecule has 0 radical (unpaired) electrons. The second kappa shape index (κ2) is 8.87. The minimum Gasteiger partial charge on any atom is -0.369 e. The molecule has 1 fully saturated rings. The van der Waals surface area contributed by atoms with E-state index in [0.717, 1.165) is 5.69 Å². The van der Waals surface area contributed by atoms with Gasteiger partial charge in [0.1, 0.15) is 0 Å². The number of hydrogen-bond donors (Lipinski definition) is 0. The number of nitro benzene ring substituents is 1. The minimum absolute atomic E-state index is 0.0312. The summed E-state index contributed by atoms with van der Waals surface area (Å²) in [5, 5.41) is 10.8. The molecule has 9 nitrogen and oxygen atoms in total. The number of piperazine rings is 1. The van der Waals surface area contributed by atoms with Crippen LogP contribution in [0.1, 0.15) is 11.1 Å². The largest absolute Gasteiger partial charge is 0.471 e. The normalized spacial score (nSPS) is 17.4. The summed E-state index contributed by atoms with van der Waals surface area (Å²) in [6.45, 7) is 0.711. The molecule has 182 valence electrons. The number of non-ortho nitro benzene ring substituents is 1. The monoisotopic (exact) mass is 498 g/mol. The molecule has 0 N–H and O–H groups in total. The first-order chi connectivity index (χ1) is 16.0. The average molecular weight is 498 g/mol. The van der Waals surface area contributed by atoms with Crippen molar-refractivity contribution >= 4 is 27.3 Å². The number of nitrogens with zero attached hydrogens (tertiary/aromatic N) is 4. The summed E-state index contributed by atoms with van der Waals surface area (Å²) in [5.41, 5.74) is 1.81. The van der Waals surface area contributed by atoms with Crippen molar-refractivity contribution in [2.75, 3.05) is 37.6 Å². The van der Waals surface area contributed by atoms with Gasteiger partial charge < -0.3 is 9.80 Å². The Morgan fingerprint density at radius 2 is 1.59 bits per heavy atom. The minimum atomic E-state index is -4.98. The van der Waals surface area contributed by atoms with E-state index in [1.165, 1.54) is 28.6 Å². The van der Waals surface area contributed by atoms with E-state index in [4.69, 9.17) is 0 Å². The third-order valence-corrected chi connectivity index (χ3v) is 7.92. The van der Waals surface area contributed by atoms with Gasteiger partial charge in [0, 0.05) is 57.1 Å². The van der Waals surface area contributed by atoms with E-state index in [-0.39, 0.29) is 43.2 Å². The van der Waals surface area contributed by atoms with Gasteiger partial charge in [-0.2, -0.15) is 17.5 Å². The summed E-state index contributed by atoms with van der Waals surface area (Å²) in [4.78, 5) is 24.5. The third-order valence-electron chi connectivity index (χ3n) is 6.02. The molecule has 0 atom stereocenters. The summed E-state index contributed by atoms with van der Waals surface area (Å²) in [6.07, 6.45) is -4.77. The number of carbonyl (C=O) groups is 1. The number of halogens is 3. The van der Waals surface area contributed by atoms with Crippen LogP contribution in [0.25, 0.3) is 0 Å². The highest BCUT2D eigenvalue weighted by atomic mass is 32.2. The zero-order chi connectivity index (χ0) is 24.7. The van der Waals surface area contributed by atoms with E-state index < -0.39 is 27.0 Å². The summed E-state index contributed by atoms with van der Waals surface area (Å²) in [5.74, 6) is -1.94. The highest BCUT2D eigenvalue weighted by Gasteiger charge is 2.43. The van der Waals surface area contributed by atoms with Crippen LogP contribution in [0.2, 0.25) is 0 Å². The van der Waals surface area contributed by atoms with Gasteiger partial charge in [-0.15, -0.1) is 0 Å². The second-order valence-corrected chi connectivity index (χ2v) is 10.0. The molecular weight excluding hydrogens is 477 g/mol. The molecule has 0 bridgehead atoms. The molecule has 1 saturated heterocycles. The maximum atomic E-state index is 13.2. The number of benzene rings is 2. The van der Waals surface area contributed by atoms with Crippen molar-refractivity contribution < 1.29 is 31.3 Å². The number of sulfonamides is 1. The van der Waals surface area contributed by atoms with E-state index >= 15 is 0 Å². The Labute approximate surface area is 193 Å². The predicted octanol–water partition coefficient (Wildman–Crippen LogP) is 2.55. The smallest absolute Gasteiger partial charge is 0.369 e. The number of rotatable bonds is 4. The predicted molar refractivity (Wildman–Crippen MR) is 116 cm³/mol. The lowest BCUT2D eigenvalue weighted by Gasteiger charge is -2.35. The van der Waals surface area contributed by atoms with Gasteiger partial charge in [0.15, 0.2) is 0 Å². The van der Waals surface area contributed by atoms with Gasteiger partial charge in [0.05, 0.1) is 9.82 Å². The number of alkyl halides is 3. The van der Waals surface area contributed by atoms with Gasteiger partial charge in [0.2, 0.25) is 10.0 Å². The average Bonchev–Trinajstić information content (AvgIpc) is 2.82. The Morgan fingerprint density at radius 3 is 2.18 bits per heavy atom. The van der Waals surface area contributed by atoms with Crippen molar-refractivity contribution in [1.82, 2.24) is 9.21 Å². The Hall–Kier alpha value is -3.19. The van der Waals surface area contributed by atoms with Crippen LogP contribution in [0.5, 0.6) is 0 Å². The molecule has 2 aromatic carbocycles. The van der Waals surface area contributed by atoms with E-state index in [1.807, 2.05) is 4.90 Å². The second-order valence-electron chi connectivity index (χ2n) is 8.07. The highest BCUT2D eigenvalue weighted by molar-refractivity contribution is 7.89. The van der Waals surface area contributed by atoms with Gasteiger partial charge in [-0.3, -0.25) is 14.9 Å². The Balaban J connectivity index is 1.46. The quantitative estimate of drug-likeness (QED) is 0.474. The lowest BCUT2D eigenvalue weighted by molar-refractivity contribution is -0.384. The van der Waals surface area contributed by atoms with Crippen molar-refractivity contribution in [2.45, 2.75) is 24.0 Å². The fourth-order valence-corrected chi connectivity index (χ4v) is 5.64. The summed E-state index contributed by atoms with van der Waals surface area (Å²) in [6, 6.07) is 10.4. The molecule has 13 heteroatoms. The van der Waals surface area contributed by atoms with Crippen LogP contribution >= 0.6 is 0 Å².